The Morgan fingerprint density at radius 3 is 2.59 bits per heavy atom. The van der Waals surface area contributed by atoms with Crippen LogP contribution in [0.1, 0.15) is 54.8 Å². The number of aliphatic hydroxyl groups is 1. The molecule has 2 fully saturated rings. The average molecular weight is 532 g/mol. The van der Waals surface area contributed by atoms with Crippen LogP contribution in [0.4, 0.5) is 24.8 Å². The van der Waals surface area contributed by atoms with E-state index in [4.69, 9.17) is 0 Å². The summed E-state index contributed by atoms with van der Waals surface area (Å²) in [5.41, 5.74) is 0.168. The number of aryl methyl sites for hydroxylation is 1. The Kier molecular flexibility index (Phi) is 6.93. The fourth-order valence-electron chi connectivity index (χ4n) is 5.08. The van der Waals surface area contributed by atoms with Crippen LogP contribution in [-0.2, 0) is 16.6 Å². The maximum Gasteiger partial charge on any atom is 0.433 e. The summed E-state index contributed by atoms with van der Waals surface area (Å²) >= 11 is 1.39. The van der Waals surface area contributed by atoms with E-state index < -0.39 is 17.5 Å². The molecule has 1 aliphatic carbocycles. The third-order valence-corrected chi connectivity index (χ3v) is 8.29. The number of hydrogen-bond acceptors (Lipinski definition) is 7. The molecule has 7 nitrogen and oxygen atoms in total. The van der Waals surface area contributed by atoms with Gasteiger partial charge in [0.2, 0.25) is 11.9 Å². The Labute approximate surface area is 216 Å². The molecule has 5 rings (SSSR count). The van der Waals surface area contributed by atoms with Crippen LogP contribution in [0.15, 0.2) is 36.7 Å². The Balaban J connectivity index is 1.30. The van der Waals surface area contributed by atoms with Crippen molar-refractivity contribution in [3.05, 3.63) is 52.9 Å². The molecular weight excluding hydrogens is 503 g/mol. The van der Waals surface area contributed by atoms with E-state index in [0.29, 0.717) is 36.4 Å². The van der Waals surface area contributed by atoms with E-state index in [0.717, 1.165) is 54.2 Å². The fraction of sp³-hybridized carbons (Fsp3) is 0.462. The number of carbonyl (C=O) groups excluding carboxylic acids is 1. The fourth-order valence-corrected chi connectivity index (χ4v) is 6.13. The van der Waals surface area contributed by atoms with Crippen molar-refractivity contribution in [2.24, 2.45) is 5.92 Å². The monoisotopic (exact) mass is 531 g/mol. The van der Waals surface area contributed by atoms with Crippen LogP contribution in [0, 0.1) is 12.8 Å². The number of alkyl halides is 3. The third-order valence-electron chi connectivity index (χ3n) is 7.05. The van der Waals surface area contributed by atoms with Gasteiger partial charge in [0.15, 0.2) is 0 Å². The number of likely N-dealkylation sites (tertiary alicyclic amines) is 1. The quantitative estimate of drug-likeness (QED) is 0.441. The van der Waals surface area contributed by atoms with Crippen molar-refractivity contribution < 1.29 is 23.1 Å². The highest BCUT2D eigenvalue weighted by Gasteiger charge is 2.40. The molecule has 0 radical (unpaired) electrons. The number of hydrogen-bond donors (Lipinski definition) is 2. The number of benzene rings is 1. The van der Waals surface area contributed by atoms with Crippen LogP contribution < -0.4 is 5.32 Å². The maximum atomic E-state index is 13.0. The zero-order valence-electron chi connectivity index (χ0n) is 20.4. The van der Waals surface area contributed by atoms with E-state index in [1.807, 2.05) is 17.9 Å². The number of aromatic nitrogens is 3. The summed E-state index contributed by atoms with van der Waals surface area (Å²) in [6, 6.07) is 6.36. The topological polar surface area (TPSA) is 91.2 Å². The minimum Gasteiger partial charge on any atom is -0.383 e. The van der Waals surface area contributed by atoms with Crippen molar-refractivity contribution in [1.82, 2.24) is 19.9 Å². The van der Waals surface area contributed by atoms with Gasteiger partial charge in [0.05, 0.1) is 4.88 Å². The number of rotatable bonds is 5. The average Bonchev–Trinajstić information content (AvgIpc) is 3.57. The molecule has 0 spiro atoms. The summed E-state index contributed by atoms with van der Waals surface area (Å²) in [6.45, 7) is 3.56. The van der Waals surface area contributed by atoms with Gasteiger partial charge in [0, 0.05) is 37.1 Å². The lowest BCUT2D eigenvalue weighted by Crippen LogP contribution is -2.39. The highest BCUT2D eigenvalue weighted by Crippen LogP contribution is 2.43. The first kappa shape index (κ1) is 25.6. The number of halogens is 3. The molecule has 1 aromatic carbocycles. The maximum absolute atomic E-state index is 13.0. The lowest BCUT2D eigenvalue weighted by atomic mass is 9.78. The molecule has 0 atom stereocenters. The van der Waals surface area contributed by atoms with E-state index in [9.17, 15) is 23.1 Å². The molecule has 2 N–H and O–H groups in total. The first-order valence-electron chi connectivity index (χ1n) is 12.4. The molecule has 11 heteroatoms. The third kappa shape index (κ3) is 5.62. The summed E-state index contributed by atoms with van der Waals surface area (Å²) in [6.07, 6.45) is 2.58. The SMILES string of the molecule is Cc1cc(Nc2nccc(C(F)(F)F)n2)cc(-c2cnc(C3(O)CCC(C(=O)N4CCCC4)CC3)s2)c1. The van der Waals surface area contributed by atoms with Gasteiger partial charge in [-0.25, -0.2) is 15.0 Å². The first-order chi connectivity index (χ1) is 17.6. The van der Waals surface area contributed by atoms with Crippen molar-refractivity contribution in [2.45, 2.75) is 57.2 Å². The Hall–Kier alpha value is -3.05. The predicted molar refractivity (Wildman–Crippen MR) is 134 cm³/mol. The molecule has 1 saturated carbocycles. The minimum absolute atomic E-state index is 0.0405. The number of amides is 1. The number of nitrogens with one attached hydrogen (secondary N) is 1. The zero-order chi connectivity index (χ0) is 26.2. The van der Waals surface area contributed by atoms with Gasteiger partial charge in [-0.3, -0.25) is 4.79 Å². The molecular formula is C26H28F3N5O2S. The van der Waals surface area contributed by atoms with Gasteiger partial charge in [0.1, 0.15) is 16.3 Å². The van der Waals surface area contributed by atoms with Crippen molar-refractivity contribution in [2.75, 3.05) is 18.4 Å². The molecule has 2 aliphatic rings. The number of carbonyl (C=O) groups is 1. The van der Waals surface area contributed by atoms with E-state index in [2.05, 4.69) is 20.3 Å². The van der Waals surface area contributed by atoms with E-state index in [1.165, 1.54) is 11.3 Å². The lowest BCUT2D eigenvalue weighted by Gasteiger charge is -2.35. The van der Waals surface area contributed by atoms with Gasteiger partial charge in [-0.1, -0.05) is 6.07 Å². The Morgan fingerprint density at radius 2 is 1.89 bits per heavy atom. The number of anilines is 2. The molecule has 1 aliphatic heterocycles. The van der Waals surface area contributed by atoms with Gasteiger partial charge in [-0.15, -0.1) is 11.3 Å². The molecule has 1 saturated heterocycles. The zero-order valence-corrected chi connectivity index (χ0v) is 21.2. The normalized spacial score (nSPS) is 22.3. The van der Waals surface area contributed by atoms with Gasteiger partial charge in [0.25, 0.3) is 0 Å². The molecule has 37 heavy (non-hydrogen) atoms. The largest absolute Gasteiger partial charge is 0.433 e. The van der Waals surface area contributed by atoms with Gasteiger partial charge < -0.3 is 15.3 Å². The van der Waals surface area contributed by atoms with Gasteiger partial charge in [-0.2, -0.15) is 13.2 Å². The number of nitrogens with zero attached hydrogens (tertiary/aromatic N) is 4. The van der Waals surface area contributed by atoms with Crippen molar-refractivity contribution in [3.8, 4) is 10.4 Å². The van der Waals surface area contributed by atoms with Crippen LogP contribution in [0.3, 0.4) is 0 Å². The number of thiazole rings is 1. The smallest absolute Gasteiger partial charge is 0.383 e. The molecule has 196 valence electrons. The van der Waals surface area contributed by atoms with Gasteiger partial charge in [-0.05, 0) is 74.8 Å². The second kappa shape index (κ2) is 10.0. The molecule has 0 bridgehead atoms. The highest BCUT2D eigenvalue weighted by atomic mass is 32.1. The minimum atomic E-state index is -4.56. The van der Waals surface area contributed by atoms with Crippen LogP contribution in [-0.4, -0.2) is 44.0 Å². The van der Waals surface area contributed by atoms with Crippen LogP contribution in [0.5, 0.6) is 0 Å². The molecule has 2 aromatic heterocycles. The van der Waals surface area contributed by atoms with Crippen molar-refractivity contribution in [3.63, 3.8) is 0 Å². The van der Waals surface area contributed by atoms with E-state index in [1.54, 1.807) is 18.3 Å². The van der Waals surface area contributed by atoms with E-state index >= 15 is 0 Å². The molecule has 3 aromatic rings. The first-order valence-corrected chi connectivity index (χ1v) is 13.2. The summed E-state index contributed by atoms with van der Waals surface area (Å²) in [5.74, 6) is 0.0242. The second-order valence-corrected chi connectivity index (χ2v) is 10.9. The summed E-state index contributed by atoms with van der Waals surface area (Å²) < 4.78 is 39.0. The summed E-state index contributed by atoms with van der Waals surface area (Å²) in [4.78, 5) is 27.5. The van der Waals surface area contributed by atoms with Gasteiger partial charge >= 0.3 is 6.18 Å². The Morgan fingerprint density at radius 1 is 1.16 bits per heavy atom. The summed E-state index contributed by atoms with van der Waals surface area (Å²) in [5, 5.41) is 14.8. The lowest BCUT2D eigenvalue weighted by molar-refractivity contribution is -0.141. The van der Waals surface area contributed by atoms with Crippen LogP contribution >= 0.6 is 11.3 Å². The standard InChI is InChI=1S/C26H28F3N5O2S/c1-16-12-18(14-19(13-16)32-24-30-9-6-21(33-24)26(27,28)29)20-15-31-23(37-20)25(36)7-4-17(5-8-25)22(35)34-10-2-3-11-34/h6,9,12-15,17,36H,2-5,7-8,10-11H2,1H3,(H,30,32,33). The van der Waals surface area contributed by atoms with E-state index in [-0.39, 0.29) is 17.8 Å². The predicted octanol–water partition coefficient (Wildman–Crippen LogP) is 5.67. The molecule has 0 unspecified atom stereocenters. The van der Waals surface area contributed by atoms with Crippen LogP contribution in [0.25, 0.3) is 10.4 Å². The molecule has 1 amide bonds. The summed E-state index contributed by atoms with van der Waals surface area (Å²) in [7, 11) is 0. The molecule has 3 heterocycles. The second-order valence-electron chi connectivity index (χ2n) is 9.84. The van der Waals surface area contributed by atoms with Crippen molar-refractivity contribution >= 4 is 28.9 Å². The highest BCUT2D eigenvalue weighted by molar-refractivity contribution is 7.15. The van der Waals surface area contributed by atoms with Crippen LogP contribution in [0.2, 0.25) is 0 Å². The van der Waals surface area contributed by atoms with Crippen molar-refractivity contribution in [1.29, 1.82) is 0 Å². The Bertz CT molecular complexity index is 1280.